The van der Waals surface area contributed by atoms with Crippen molar-refractivity contribution < 1.29 is 4.79 Å². The van der Waals surface area contributed by atoms with Gasteiger partial charge >= 0.3 is 0 Å². The van der Waals surface area contributed by atoms with Crippen molar-refractivity contribution in [3.63, 3.8) is 0 Å². The van der Waals surface area contributed by atoms with Crippen LogP contribution >= 0.6 is 0 Å². The number of likely N-dealkylation sites (tertiary alicyclic amines) is 1. The average molecular weight is 253 g/mol. The molecule has 2 saturated heterocycles. The Balaban J connectivity index is 1.88. The summed E-state index contributed by atoms with van der Waals surface area (Å²) in [4.78, 5) is 16.9. The summed E-state index contributed by atoms with van der Waals surface area (Å²) in [6, 6.07) is 0.527. The molecule has 0 radical (unpaired) electrons. The van der Waals surface area contributed by atoms with Gasteiger partial charge in [-0.3, -0.25) is 4.79 Å². The van der Waals surface area contributed by atoms with Crippen LogP contribution in [-0.4, -0.2) is 61.5 Å². The predicted octanol–water partition coefficient (Wildman–Crippen LogP) is 0.929. The van der Waals surface area contributed by atoms with Gasteiger partial charge in [-0.05, 0) is 45.8 Å². The molecule has 1 N–H and O–H groups in total. The molecule has 0 saturated carbocycles. The Morgan fingerprint density at radius 1 is 1.44 bits per heavy atom. The molecular formula is C14H27N3O. The summed E-state index contributed by atoms with van der Waals surface area (Å²) >= 11 is 0. The van der Waals surface area contributed by atoms with Gasteiger partial charge in [0.1, 0.15) is 0 Å². The van der Waals surface area contributed by atoms with Crippen LogP contribution in [0.5, 0.6) is 0 Å². The molecule has 4 nitrogen and oxygen atoms in total. The first-order valence-electron chi connectivity index (χ1n) is 7.41. The minimum absolute atomic E-state index is 0.239. The first-order chi connectivity index (χ1) is 8.70. The zero-order valence-corrected chi connectivity index (χ0v) is 11.8. The Morgan fingerprint density at radius 2 is 2.28 bits per heavy atom. The third kappa shape index (κ3) is 3.45. The smallest absolute Gasteiger partial charge is 0.227 e. The fourth-order valence-electron chi connectivity index (χ4n) is 3.13. The Bertz CT molecular complexity index is 276. The molecule has 4 heteroatoms. The van der Waals surface area contributed by atoms with Crippen molar-refractivity contribution in [2.75, 3.05) is 39.8 Å². The molecule has 2 heterocycles. The standard InChI is InChI=1S/C14H27N3O/c1-3-8-17(11-13-5-4-7-15-13)14(18)12-6-9-16(2)10-12/h12-13,15H,3-11H2,1-2H3. The van der Waals surface area contributed by atoms with Gasteiger partial charge in [-0.2, -0.15) is 0 Å². The lowest BCUT2D eigenvalue weighted by atomic mass is 10.1. The molecule has 2 unspecified atom stereocenters. The summed E-state index contributed by atoms with van der Waals surface area (Å²) in [5.41, 5.74) is 0. The quantitative estimate of drug-likeness (QED) is 0.792. The predicted molar refractivity (Wildman–Crippen MR) is 73.5 cm³/mol. The van der Waals surface area contributed by atoms with E-state index in [0.717, 1.165) is 45.6 Å². The number of hydrogen-bond donors (Lipinski definition) is 1. The van der Waals surface area contributed by atoms with E-state index in [0.29, 0.717) is 11.9 Å². The Morgan fingerprint density at radius 3 is 2.83 bits per heavy atom. The van der Waals surface area contributed by atoms with Gasteiger partial charge < -0.3 is 15.1 Å². The molecule has 2 aliphatic rings. The zero-order chi connectivity index (χ0) is 13.0. The molecule has 104 valence electrons. The molecular weight excluding hydrogens is 226 g/mol. The molecule has 2 atom stereocenters. The van der Waals surface area contributed by atoms with Crippen molar-refractivity contribution in [3.8, 4) is 0 Å². The lowest BCUT2D eigenvalue weighted by Crippen LogP contribution is -2.44. The van der Waals surface area contributed by atoms with Crippen molar-refractivity contribution in [3.05, 3.63) is 0 Å². The maximum Gasteiger partial charge on any atom is 0.227 e. The number of rotatable bonds is 5. The van der Waals surface area contributed by atoms with Crippen LogP contribution in [0.25, 0.3) is 0 Å². The van der Waals surface area contributed by atoms with Crippen molar-refractivity contribution in [2.24, 2.45) is 5.92 Å². The molecule has 0 aromatic heterocycles. The van der Waals surface area contributed by atoms with E-state index in [1.165, 1.54) is 12.8 Å². The van der Waals surface area contributed by atoms with E-state index in [4.69, 9.17) is 0 Å². The zero-order valence-electron chi connectivity index (χ0n) is 11.8. The van der Waals surface area contributed by atoms with Crippen LogP contribution < -0.4 is 5.32 Å². The highest BCUT2D eigenvalue weighted by molar-refractivity contribution is 5.79. The third-order valence-electron chi connectivity index (χ3n) is 4.15. The van der Waals surface area contributed by atoms with Crippen molar-refractivity contribution >= 4 is 5.91 Å². The van der Waals surface area contributed by atoms with Crippen LogP contribution in [0.3, 0.4) is 0 Å². The van der Waals surface area contributed by atoms with E-state index in [9.17, 15) is 4.79 Å². The molecule has 0 bridgehead atoms. The Labute approximate surface area is 111 Å². The van der Waals surface area contributed by atoms with Crippen LogP contribution in [0.1, 0.15) is 32.6 Å². The first-order valence-corrected chi connectivity index (χ1v) is 7.41. The Hall–Kier alpha value is -0.610. The van der Waals surface area contributed by atoms with Gasteiger partial charge in [-0.1, -0.05) is 6.92 Å². The summed E-state index contributed by atoms with van der Waals surface area (Å²) < 4.78 is 0. The lowest BCUT2D eigenvalue weighted by Gasteiger charge is -2.28. The summed E-state index contributed by atoms with van der Waals surface area (Å²) in [5.74, 6) is 0.623. The van der Waals surface area contributed by atoms with Gasteiger partial charge in [-0.15, -0.1) is 0 Å². The number of amides is 1. The maximum atomic E-state index is 12.5. The third-order valence-corrected chi connectivity index (χ3v) is 4.15. The molecule has 0 aliphatic carbocycles. The van der Waals surface area contributed by atoms with Crippen molar-refractivity contribution in [2.45, 2.75) is 38.6 Å². The van der Waals surface area contributed by atoms with E-state index >= 15 is 0 Å². The molecule has 2 rings (SSSR count). The van der Waals surface area contributed by atoms with E-state index in [1.54, 1.807) is 0 Å². The van der Waals surface area contributed by atoms with E-state index in [1.807, 2.05) is 0 Å². The topological polar surface area (TPSA) is 35.6 Å². The molecule has 0 spiro atoms. The van der Waals surface area contributed by atoms with Gasteiger partial charge in [0.25, 0.3) is 0 Å². The van der Waals surface area contributed by atoms with Gasteiger partial charge in [0.15, 0.2) is 0 Å². The fraction of sp³-hybridized carbons (Fsp3) is 0.929. The minimum Gasteiger partial charge on any atom is -0.341 e. The number of hydrogen-bond acceptors (Lipinski definition) is 3. The van der Waals surface area contributed by atoms with Gasteiger partial charge in [-0.25, -0.2) is 0 Å². The second kappa shape index (κ2) is 6.53. The highest BCUT2D eigenvalue weighted by Crippen LogP contribution is 2.18. The van der Waals surface area contributed by atoms with Crippen molar-refractivity contribution in [1.29, 1.82) is 0 Å². The monoisotopic (exact) mass is 253 g/mol. The lowest BCUT2D eigenvalue weighted by molar-refractivity contribution is -0.135. The molecule has 1 amide bonds. The number of nitrogens with zero attached hydrogens (tertiary/aromatic N) is 2. The fourth-order valence-corrected chi connectivity index (χ4v) is 3.13. The second-order valence-electron chi connectivity index (χ2n) is 5.83. The highest BCUT2D eigenvalue weighted by atomic mass is 16.2. The van der Waals surface area contributed by atoms with Crippen molar-refractivity contribution in [1.82, 2.24) is 15.1 Å². The van der Waals surface area contributed by atoms with Gasteiger partial charge in [0, 0.05) is 25.7 Å². The summed E-state index contributed by atoms with van der Waals surface area (Å²) in [7, 11) is 2.11. The normalized spacial score (nSPS) is 28.8. The first kappa shape index (κ1) is 13.8. The van der Waals surface area contributed by atoms with E-state index < -0.39 is 0 Å². The van der Waals surface area contributed by atoms with Gasteiger partial charge in [0.2, 0.25) is 5.91 Å². The summed E-state index contributed by atoms with van der Waals surface area (Å²) in [5, 5.41) is 3.50. The number of carbonyl (C=O) groups is 1. The van der Waals surface area contributed by atoms with Crippen LogP contribution in [0.4, 0.5) is 0 Å². The molecule has 18 heavy (non-hydrogen) atoms. The average Bonchev–Trinajstić information content (AvgIpc) is 2.99. The SMILES string of the molecule is CCCN(CC1CCCN1)C(=O)C1CCN(C)C1. The molecule has 2 aliphatic heterocycles. The van der Waals surface area contributed by atoms with Crippen LogP contribution in [0.2, 0.25) is 0 Å². The van der Waals surface area contributed by atoms with Crippen LogP contribution in [0, 0.1) is 5.92 Å². The van der Waals surface area contributed by atoms with E-state index in [-0.39, 0.29) is 5.92 Å². The number of carbonyl (C=O) groups excluding carboxylic acids is 1. The second-order valence-corrected chi connectivity index (χ2v) is 5.83. The minimum atomic E-state index is 0.239. The largest absolute Gasteiger partial charge is 0.341 e. The maximum absolute atomic E-state index is 12.5. The molecule has 2 fully saturated rings. The van der Waals surface area contributed by atoms with Crippen LogP contribution in [-0.2, 0) is 4.79 Å². The Kier molecular flexibility index (Phi) is 5.01. The summed E-state index contributed by atoms with van der Waals surface area (Å²) in [6.07, 6.45) is 4.57. The molecule has 0 aromatic carbocycles. The van der Waals surface area contributed by atoms with Gasteiger partial charge in [0.05, 0.1) is 5.92 Å². The number of nitrogens with one attached hydrogen (secondary N) is 1. The highest BCUT2D eigenvalue weighted by Gasteiger charge is 2.30. The summed E-state index contributed by atoms with van der Waals surface area (Å²) in [6.45, 7) is 7.10. The van der Waals surface area contributed by atoms with Crippen LogP contribution in [0.15, 0.2) is 0 Å². The van der Waals surface area contributed by atoms with E-state index in [2.05, 4.69) is 29.1 Å². The molecule has 0 aromatic rings.